The fourth-order valence-corrected chi connectivity index (χ4v) is 3.81. The van der Waals surface area contributed by atoms with Crippen LogP contribution in [0.5, 0.6) is 0 Å². The average molecular weight is 543 g/mol. The maximum Gasteiger partial charge on any atom is 0.202 e. The SMILES string of the molecule is [C-]#[N+]C(=C1C(=C(\C#N)c2cc(F)c(F)c(F)c2)/C1=C(\C#N)c1cc(F)c(F)c(F)c1)c1cc(F)c(F)c(F)c1. The lowest BCUT2D eigenvalue weighted by atomic mass is 10.0. The lowest BCUT2D eigenvalue weighted by molar-refractivity contribution is 0.446. The molecule has 0 heterocycles. The Balaban J connectivity index is 2.16. The summed E-state index contributed by atoms with van der Waals surface area (Å²) in [7, 11) is 0. The molecule has 0 aromatic heterocycles. The average Bonchev–Trinajstić information content (AvgIpc) is 3.59. The Labute approximate surface area is 213 Å². The first-order valence-electron chi connectivity index (χ1n) is 10.3. The minimum absolute atomic E-state index is 0.412. The summed E-state index contributed by atoms with van der Waals surface area (Å²) in [6.45, 7) is 7.52. The molecule has 4 rings (SSSR count). The molecule has 0 bridgehead atoms. The maximum absolute atomic E-state index is 13.9. The van der Waals surface area contributed by atoms with E-state index >= 15 is 0 Å². The zero-order chi connectivity index (χ0) is 28.8. The normalized spacial score (nSPS) is 16.2. The van der Waals surface area contributed by atoms with Crippen molar-refractivity contribution in [1.29, 1.82) is 10.5 Å². The first kappa shape index (κ1) is 26.8. The maximum atomic E-state index is 13.9. The van der Waals surface area contributed by atoms with Gasteiger partial charge in [-0.25, -0.2) is 44.4 Å². The lowest BCUT2D eigenvalue weighted by Gasteiger charge is -2.02. The van der Waals surface area contributed by atoms with Crippen LogP contribution in [0.25, 0.3) is 21.7 Å². The molecule has 0 spiro atoms. The van der Waals surface area contributed by atoms with Crippen molar-refractivity contribution < 1.29 is 39.5 Å². The molecule has 0 amide bonds. The van der Waals surface area contributed by atoms with Crippen molar-refractivity contribution in [2.45, 2.75) is 0 Å². The molecule has 1 saturated carbocycles. The molecule has 0 radical (unpaired) electrons. The Morgan fingerprint density at radius 2 is 0.795 bits per heavy atom. The quantitative estimate of drug-likeness (QED) is 0.148. The first-order valence-corrected chi connectivity index (χ1v) is 10.3. The summed E-state index contributed by atoms with van der Waals surface area (Å²) in [4.78, 5) is 3.12. The van der Waals surface area contributed by atoms with Crippen LogP contribution in [0.1, 0.15) is 16.7 Å². The summed E-state index contributed by atoms with van der Waals surface area (Å²) >= 11 is 0. The Hall–Kier alpha value is -5.28. The van der Waals surface area contributed by atoms with Crippen molar-refractivity contribution in [3.63, 3.8) is 0 Å². The van der Waals surface area contributed by atoms with Crippen LogP contribution in [0, 0.1) is 81.6 Å². The predicted octanol–water partition coefficient (Wildman–Crippen LogP) is 7.54. The number of halogens is 9. The van der Waals surface area contributed by atoms with E-state index in [1.165, 1.54) is 0 Å². The Bertz CT molecular complexity index is 1540. The Kier molecular flexibility index (Phi) is 6.78. The molecule has 0 atom stereocenters. The van der Waals surface area contributed by atoms with Crippen LogP contribution in [-0.4, -0.2) is 0 Å². The van der Waals surface area contributed by atoms with Gasteiger partial charge in [0.1, 0.15) is 12.1 Å². The molecule has 1 aliphatic carbocycles. The van der Waals surface area contributed by atoms with Crippen LogP contribution in [0.15, 0.2) is 53.1 Å². The topological polar surface area (TPSA) is 51.9 Å². The van der Waals surface area contributed by atoms with Crippen molar-refractivity contribution in [3.8, 4) is 12.1 Å². The van der Waals surface area contributed by atoms with Gasteiger partial charge in [-0.1, -0.05) is 0 Å². The second-order valence-corrected chi connectivity index (χ2v) is 7.82. The highest BCUT2D eigenvalue weighted by Crippen LogP contribution is 2.56. The van der Waals surface area contributed by atoms with Crippen LogP contribution in [0.4, 0.5) is 39.5 Å². The zero-order valence-electron chi connectivity index (χ0n) is 18.7. The van der Waals surface area contributed by atoms with E-state index in [0.29, 0.717) is 36.4 Å². The van der Waals surface area contributed by atoms with Crippen LogP contribution >= 0.6 is 0 Å². The van der Waals surface area contributed by atoms with Crippen LogP contribution in [-0.2, 0) is 0 Å². The van der Waals surface area contributed by atoms with Gasteiger partial charge in [0.05, 0.1) is 17.7 Å². The van der Waals surface area contributed by atoms with Crippen LogP contribution in [0.2, 0.25) is 0 Å². The van der Waals surface area contributed by atoms with Crippen molar-refractivity contribution >= 4 is 16.8 Å². The fourth-order valence-electron chi connectivity index (χ4n) is 3.81. The molecule has 0 unspecified atom stereocenters. The van der Waals surface area contributed by atoms with Gasteiger partial charge < -0.3 is 0 Å². The molecular formula is C27H6F9N3. The summed E-state index contributed by atoms with van der Waals surface area (Å²) in [5.74, 6) is -15.9. The molecule has 1 fully saturated rings. The van der Waals surface area contributed by atoms with E-state index in [4.69, 9.17) is 6.57 Å². The highest BCUT2D eigenvalue weighted by molar-refractivity contribution is 6.11. The van der Waals surface area contributed by atoms with Crippen LogP contribution in [0.3, 0.4) is 0 Å². The van der Waals surface area contributed by atoms with E-state index in [1.54, 1.807) is 12.1 Å². The van der Waals surface area contributed by atoms with E-state index in [-0.39, 0.29) is 0 Å². The molecular weight excluding hydrogens is 537 g/mol. The number of allylic oxidation sites excluding steroid dienone is 5. The largest absolute Gasteiger partial charge is 0.237 e. The van der Waals surface area contributed by atoms with Crippen molar-refractivity contribution in [2.24, 2.45) is 0 Å². The number of rotatable bonds is 3. The monoisotopic (exact) mass is 543 g/mol. The molecule has 3 aromatic rings. The molecule has 0 saturated heterocycles. The summed E-state index contributed by atoms with van der Waals surface area (Å²) in [6.07, 6.45) is 0. The number of benzene rings is 3. The van der Waals surface area contributed by atoms with Gasteiger partial charge in [-0.05, 0) is 69.8 Å². The molecule has 0 N–H and O–H groups in total. The minimum Gasteiger partial charge on any atom is -0.237 e. The molecule has 1 aliphatic rings. The standard InChI is InChI=1S/C27H6F9N3/c1-39-27(12-6-19(32)26(36)20(33)7-12)23-21(13(8-37)10-2-15(28)24(34)16(29)3-10)22(23)14(9-38)11-4-17(30)25(35)18(31)5-11/h2-7H/b21-13-,22-14+,27-23?. The third-order valence-corrected chi connectivity index (χ3v) is 5.56. The number of nitriles is 2. The first-order chi connectivity index (χ1) is 18.4. The number of nitrogens with zero attached hydrogens (tertiary/aromatic N) is 3. The molecule has 0 aliphatic heterocycles. The lowest BCUT2D eigenvalue weighted by Crippen LogP contribution is -1.94. The highest BCUT2D eigenvalue weighted by atomic mass is 19.2. The van der Waals surface area contributed by atoms with Gasteiger partial charge >= 0.3 is 0 Å². The second-order valence-electron chi connectivity index (χ2n) is 7.82. The van der Waals surface area contributed by atoms with Gasteiger partial charge in [-0.2, -0.15) is 10.5 Å². The third-order valence-electron chi connectivity index (χ3n) is 5.56. The Morgan fingerprint density at radius 3 is 1.05 bits per heavy atom. The number of hydrogen-bond donors (Lipinski definition) is 0. The predicted molar refractivity (Wildman–Crippen MR) is 118 cm³/mol. The van der Waals surface area contributed by atoms with Gasteiger partial charge in [0.2, 0.25) is 5.70 Å². The molecule has 3 nitrogen and oxygen atoms in total. The van der Waals surface area contributed by atoms with E-state index in [9.17, 15) is 50.0 Å². The zero-order valence-corrected chi connectivity index (χ0v) is 18.7. The fraction of sp³-hybridized carbons (Fsp3) is 0. The van der Waals surface area contributed by atoms with Gasteiger partial charge in [0, 0.05) is 0 Å². The second kappa shape index (κ2) is 9.88. The molecule has 39 heavy (non-hydrogen) atoms. The van der Waals surface area contributed by atoms with Crippen molar-refractivity contribution in [3.05, 3.63) is 134 Å². The summed E-state index contributed by atoms with van der Waals surface area (Å²) < 4.78 is 124. The minimum atomic E-state index is -1.88. The van der Waals surface area contributed by atoms with Gasteiger partial charge in [0.15, 0.2) is 52.4 Å². The summed E-state index contributed by atoms with van der Waals surface area (Å²) in [5.41, 5.74) is -5.09. The number of hydrogen-bond acceptors (Lipinski definition) is 2. The van der Waals surface area contributed by atoms with Gasteiger partial charge in [0.25, 0.3) is 0 Å². The van der Waals surface area contributed by atoms with E-state index < -0.39 is 103 Å². The summed E-state index contributed by atoms with van der Waals surface area (Å²) in [5, 5.41) is 19.6. The van der Waals surface area contributed by atoms with E-state index in [1.807, 2.05) is 0 Å². The molecule has 192 valence electrons. The Morgan fingerprint density at radius 1 is 0.513 bits per heavy atom. The van der Waals surface area contributed by atoms with Crippen LogP contribution < -0.4 is 0 Å². The molecule has 3 aromatic carbocycles. The van der Waals surface area contributed by atoms with E-state index in [2.05, 4.69) is 4.85 Å². The summed E-state index contributed by atoms with van der Waals surface area (Å²) in [6, 6.07) is 5.61. The van der Waals surface area contributed by atoms with Crippen molar-refractivity contribution in [2.75, 3.05) is 0 Å². The van der Waals surface area contributed by atoms with Gasteiger partial charge in [-0.15, -0.1) is 0 Å². The third kappa shape index (κ3) is 4.51. The van der Waals surface area contributed by atoms with Crippen molar-refractivity contribution in [1.82, 2.24) is 0 Å². The smallest absolute Gasteiger partial charge is 0.202 e. The highest BCUT2D eigenvalue weighted by Gasteiger charge is 2.41. The van der Waals surface area contributed by atoms with E-state index in [0.717, 1.165) is 0 Å². The van der Waals surface area contributed by atoms with Gasteiger partial charge in [-0.3, -0.25) is 0 Å². The molecule has 12 heteroatoms.